The van der Waals surface area contributed by atoms with Crippen LogP contribution in [0.2, 0.25) is 0 Å². The average molecular weight is 363 g/mol. The fourth-order valence-electron chi connectivity index (χ4n) is 1.14. The maximum absolute atomic E-state index is 6.01. The van der Waals surface area contributed by atoms with Crippen LogP contribution in [-0.2, 0) is 6.42 Å². The topological polar surface area (TPSA) is 0 Å². The van der Waals surface area contributed by atoms with E-state index in [4.69, 9.17) is 58.0 Å². The van der Waals surface area contributed by atoms with E-state index in [0.29, 0.717) is 4.36 Å². The van der Waals surface area contributed by atoms with E-state index < -0.39 is 0 Å². The molecule has 0 N–H and O–H groups in total. The molecule has 6 heteroatoms. The number of halogens is 5. The summed E-state index contributed by atoms with van der Waals surface area (Å²) in [7, 11) is 0. The number of hydrogen-bond acceptors (Lipinski definition) is 1. The quantitative estimate of drug-likeness (QED) is 0.539. The van der Waals surface area contributed by atoms with Crippen LogP contribution in [0.3, 0.4) is 0 Å². The molecule has 1 aromatic rings. The monoisotopic (exact) mass is 360 g/mol. The van der Waals surface area contributed by atoms with Gasteiger partial charge in [-0.05, 0) is 12.0 Å². The standard InChI is InChI=1S/C12H9Cl5S/c13-9(11(15)16)10(14)12(17)18-7-6-8-4-2-1-3-5-8/h1-5H,6-7H2/b12-10+. The Kier molecular flexibility index (Phi) is 7.93. The highest BCUT2D eigenvalue weighted by atomic mass is 35.5. The van der Waals surface area contributed by atoms with Crippen molar-refractivity contribution in [2.45, 2.75) is 6.42 Å². The Morgan fingerprint density at radius 2 is 1.50 bits per heavy atom. The molecule has 18 heavy (non-hydrogen) atoms. The molecule has 0 saturated heterocycles. The maximum atomic E-state index is 6.01. The summed E-state index contributed by atoms with van der Waals surface area (Å²) in [5.41, 5.74) is 1.24. The molecule has 0 bridgehead atoms. The lowest BCUT2D eigenvalue weighted by atomic mass is 10.2. The van der Waals surface area contributed by atoms with E-state index in [0.717, 1.165) is 12.2 Å². The molecule has 0 fully saturated rings. The van der Waals surface area contributed by atoms with Crippen LogP contribution in [0.25, 0.3) is 0 Å². The average Bonchev–Trinajstić information content (AvgIpc) is 2.38. The van der Waals surface area contributed by atoms with Crippen molar-refractivity contribution < 1.29 is 0 Å². The first kappa shape index (κ1) is 16.6. The molecule has 0 atom stereocenters. The van der Waals surface area contributed by atoms with Crippen molar-refractivity contribution >= 4 is 69.8 Å². The van der Waals surface area contributed by atoms with Crippen molar-refractivity contribution in [3.8, 4) is 0 Å². The van der Waals surface area contributed by atoms with Gasteiger partial charge in [-0.2, -0.15) is 0 Å². The minimum absolute atomic E-state index is 0.0669. The number of benzene rings is 1. The van der Waals surface area contributed by atoms with Gasteiger partial charge in [-0.25, -0.2) is 0 Å². The van der Waals surface area contributed by atoms with Crippen LogP contribution in [0.5, 0.6) is 0 Å². The lowest BCUT2D eigenvalue weighted by Crippen LogP contribution is -1.88. The molecule has 0 saturated carbocycles. The van der Waals surface area contributed by atoms with Gasteiger partial charge in [0.25, 0.3) is 0 Å². The van der Waals surface area contributed by atoms with E-state index >= 15 is 0 Å². The van der Waals surface area contributed by atoms with Gasteiger partial charge in [-0.1, -0.05) is 88.3 Å². The molecule has 0 heterocycles. The van der Waals surface area contributed by atoms with Gasteiger partial charge >= 0.3 is 0 Å². The first-order chi connectivity index (χ1) is 8.52. The zero-order chi connectivity index (χ0) is 13.5. The lowest BCUT2D eigenvalue weighted by molar-refractivity contribution is 1.16. The Hall–Kier alpha value is 0.500. The summed E-state index contributed by atoms with van der Waals surface area (Å²) < 4.78 is 0.292. The third-order valence-corrected chi connectivity index (χ3v) is 5.01. The fourth-order valence-corrected chi connectivity index (χ4v) is 2.95. The Morgan fingerprint density at radius 3 is 2.06 bits per heavy atom. The molecule has 0 aliphatic rings. The molecule has 0 spiro atoms. The second kappa shape index (κ2) is 8.63. The molecular weight excluding hydrogens is 353 g/mol. The molecule has 0 aromatic heterocycles. The van der Waals surface area contributed by atoms with Gasteiger partial charge in [0.2, 0.25) is 0 Å². The maximum Gasteiger partial charge on any atom is 0.127 e. The molecule has 0 amide bonds. The molecular formula is C12H9Cl5S. The second-order valence-electron chi connectivity index (χ2n) is 3.25. The highest BCUT2D eigenvalue weighted by molar-refractivity contribution is 8.04. The van der Waals surface area contributed by atoms with Gasteiger partial charge in [0.1, 0.15) is 4.49 Å². The molecule has 1 aromatic carbocycles. The van der Waals surface area contributed by atoms with Gasteiger partial charge in [0.05, 0.1) is 14.4 Å². The summed E-state index contributed by atoms with van der Waals surface area (Å²) in [4.78, 5) is 0. The van der Waals surface area contributed by atoms with Crippen molar-refractivity contribution in [2.24, 2.45) is 0 Å². The van der Waals surface area contributed by atoms with Crippen molar-refractivity contribution in [2.75, 3.05) is 5.75 Å². The molecule has 1 rings (SSSR count). The number of hydrogen-bond donors (Lipinski definition) is 0. The highest BCUT2D eigenvalue weighted by Gasteiger charge is 2.10. The van der Waals surface area contributed by atoms with Crippen LogP contribution in [0.15, 0.2) is 49.3 Å². The zero-order valence-electron chi connectivity index (χ0n) is 9.10. The molecule has 0 unspecified atom stereocenters. The van der Waals surface area contributed by atoms with Gasteiger partial charge in [-0.3, -0.25) is 0 Å². The number of aryl methyl sites for hydroxylation is 1. The number of thioether (sulfide) groups is 1. The normalized spacial score (nSPS) is 12.1. The Bertz CT molecular complexity index is 449. The van der Waals surface area contributed by atoms with E-state index in [9.17, 15) is 0 Å². The minimum Gasteiger partial charge on any atom is -0.112 e. The van der Waals surface area contributed by atoms with Crippen LogP contribution in [0, 0.1) is 0 Å². The lowest BCUT2D eigenvalue weighted by Gasteiger charge is -2.04. The largest absolute Gasteiger partial charge is 0.127 e. The van der Waals surface area contributed by atoms with Gasteiger partial charge in [0, 0.05) is 5.75 Å². The van der Waals surface area contributed by atoms with E-state index in [-0.39, 0.29) is 14.6 Å². The predicted molar refractivity (Wildman–Crippen MR) is 85.9 cm³/mol. The Morgan fingerprint density at radius 1 is 0.889 bits per heavy atom. The molecule has 0 radical (unpaired) electrons. The molecule has 0 aliphatic heterocycles. The Labute approximate surface area is 136 Å². The summed E-state index contributed by atoms with van der Waals surface area (Å²) >= 11 is 30.2. The SMILES string of the molecule is ClC(Cl)=C(Cl)/C(Cl)=C(/Cl)SCCc1ccccc1. The van der Waals surface area contributed by atoms with Gasteiger partial charge < -0.3 is 0 Å². The fraction of sp³-hybridized carbons (Fsp3) is 0.167. The van der Waals surface area contributed by atoms with Crippen molar-refractivity contribution in [1.82, 2.24) is 0 Å². The van der Waals surface area contributed by atoms with Gasteiger partial charge in [0.15, 0.2) is 0 Å². The van der Waals surface area contributed by atoms with E-state index in [1.807, 2.05) is 18.2 Å². The van der Waals surface area contributed by atoms with Crippen LogP contribution in [0.4, 0.5) is 0 Å². The summed E-state index contributed by atoms with van der Waals surface area (Å²) in [6, 6.07) is 10.1. The first-order valence-electron chi connectivity index (χ1n) is 4.95. The van der Waals surface area contributed by atoms with Gasteiger partial charge in [-0.15, -0.1) is 11.8 Å². The minimum atomic E-state index is -0.0940. The second-order valence-corrected chi connectivity index (χ2v) is 6.66. The summed E-state index contributed by atoms with van der Waals surface area (Å²) in [6.07, 6.45) is 0.891. The van der Waals surface area contributed by atoms with Crippen molar-refractivity contribution in [3.05, 3.63) is 54.8 Å². The third kappa shape index (κ3) is 5.64. The smallest absolute Gasteiger partial charge is 0.112 e. The molecule has 98 valence electrons. The van der Waals surface area contributed by atoms with E-state index in [1.54, 1.807) is 0 Å². The van der Waals surface area contributed by atoms with E-state index in [2.05, 4.69) is 12.1 Å². The Balaban J connectivity index is 2.54. The molecule has 0 nitrogen and oxygen atoms in total. The zero-order valence-corrected chi connectivity index (χ0v) is 13.7. The predicted octanol–water partition coefficient (Wildman–Crippen LogP) is 6.49. The van der Waals surface area contributed by atoms with Crippen LogP contribution in [-0.4, -0.2) is 5.75 Å². The summed E-state index contributed by atoms with van der Waals surface area (Å²) in [5, 5.41) is 0.244. The molecule has 0 aliphatic carbocycles. The first-order valence-corrected chi connectivity index (χ1v) is 7.83. The summed E-state index contributed by atoms with van der Waals surface area (Å²) in [5.74, 6) is 0.795. The van der Waals surface area contributed by atoms with Crippen molar-refractivity contribution in [3.63, 3.8) is 0 Å². The van der Waals surface area contributed by atoms with E-state index in [1.165, 1.54) is 17.3 Å². The van der Waals surface area contributed by atoms with Crippen LogP contribution in [0.1, 0.15) is 5.56 Å². The number of allylic oxidation sites excluding steroid dienone is 2. The van der Waals surface area contributed by atoms with Crippen LogP contribution < -0.4 is 0 Å². The summed E-state index contributed by atoms with van der Waals surface area (Å²) in [6.45, 7) is 0. The van der Waals surface area contributed by atoms with Crippen molar-refractivity contribution in [1.29, 1.82) is 0 Å². The third-order valence-electron chi connectivity index (χ3n) is 1.99. The highest BCUT2D eigenvalue weighted by Crippen LogP contribution is 2.36. The van der Waals surface area contributed by atoms with Crippen LogP contribution >= 0.6 is 69.8 Å². The number of rotatable bonds is 5.